The van der Waals surface area contributed by atoms with E-state index in [4.69, 9.17) is 27.6 Å². The maximum Gasteiger partial charge on any atom is 0.268 e. The molecule has 12 heterocycles. The van der Waals surface area contributed by atoms with Crippen molar-refractivity contribution in [2.24, 2.45) is 35.2 Å². The molecule has 12 aromatic heterocycles. The van der Waals surface area contributed by atoms with Gasteiger partial charge in [-0.3, -0.25) is 47.4 Å². The lowest BCUT2D eigenvalue weighted by Crippen LogP contribution is -2.16. The third kappa shape index (κ3) is 23.5. The molecular weight excluding hydrogens is 1900 g/mol. The summed E-state index contributed by atoms with van der Waals surface area (Å²) in [4.78, 5) is 83.2. The summed E-state index contributed by atoms with van der Waals surface area (Å²) in [5, 5.41) is 35.9. The Bertz CT molecular complexity index is 7810. The number of aromatic nitrogens is 16. The number of benzene rings is 8. The number of furan rings is 1. The van der Waals surface area contributed by atoms with Gasteiger partial charge >= 0.3 is 0 Å². The van der Waals surface area contributed by atoms with Crippen LogP contribution in [0.4, 0.5) is 59.8 Å². The number of carbonyl (C=O) groups is 5. The normalized spacial score (nSPS) is 10.8. The molecule has 8 aromatic carbocycles. The lowest BCUT2D eigenvalue weighted by atomic mass is 10.1. The van der Waals surface area contributed by atoms with E-state index in [0.717, 1.165) is 80.0 Å². The second-order valence-corrected chi connectivity index (χ2v) is 33.0. The van der Waals surface area contributed by atoms with Crippen LogP contribution in [0.5, 0.6) is 0 Å². The lowest BCUT2D eigenvalue weighted by molar-refractivity contribution is 0.101. The predicted octanol–water partition coefficient (Wildman–Crippen LogP) is 23.6. The maximum absolute atomic E-state index is 14.1. The number of pyridine rings is 5. The Morgan fingerprint density at radius 1 is 0.294 bits per heavy atom. The van der Waals surface area contributed by atoms with Gasteiger partial charge in [-0.2, -0.15) is 25.5 Å². The lowest BCUT2D eigenvalue weighted by Gasteiger charge is -2.07. The van der Waals surface area contributed by atoms with Crippen molar-refractivity contribution in [3.63, 3.8) is 0 Å². The Balaban J connectivity index is 0.000000128. The number of nitrogens with zero attached hydrogens (tertiary/aromatic N) is 16. The Morgan fingerprint density at radius 3 is 0.867 bits per heavy atom. The molecule has 0 spiro atoms. The Morgan fingerprint density at radius 2 is 0.573 bits per heavy atom. The fourth-order valence-electron chi connectivity index (χ4n) is 14.6. The standard InChI is InChI=1S/C22H16ClFN4O.C22H15F3N4O.C22H16F2N4O.C20H15ClN4O2.C20H16FN5OS/c1-28-20(12-19(27-28)16-7-3-5-9-18(16)24)14-10-11-21(25-13-14)26-22(29)15-6-2-4-8-17(15)23;1-29-19(11-18(28-29)14-5-2-3-6-15(14)23)13-9-10-20(26-12-13)27-22(30)21-16(24)7-4-8-17(21)25;1-28-20(12-19(27-28)15-6-2-4-8-17(15)23)14-10-11-21(25-13-14)26-22(29)16-7-3-5-9-18(16)24;1-25-17(11-16(24-25)18-7-4-10-27-18)13-8-9-19(22-12-13)23-20(26)14-5-2-3-6-15(14)21;1-12-10-23-28-19(12)20(27)24-18-8-7-13(11-22-18)17-9-16(25-26(17)2)14-5-3-4-6-15(14)21/h2-13H,1H3,(H,25,26,29);2-12H,1H3,(H,26,27,30);2-13H,1H3,(H,25,26,29);2-12H,1H3,(H,22,23,26);3-11H,1-2H3,(H,22,24,27). The largest absolute Gasteiger partial charge is 0.463 e. The molecule has 712 valence electrons. The first kappa shape index (κ1) is 98.0. The summed E-state index contributed by atoms with van der Waals surface area (Å²) in [5.41, 5.74) is 13.1. The quantitative estimate of drug-likeness (QED) is 0.0443. The number of carbonyl (C=O) groups excluding carboxylic acids is 5. The highest BCUT2D eigenvalue weighted by atomic mass is 35.5. The van der Waals surface area contributed by atoms with E-state index >= 15 is 0 Å². The van der Waals surface area contributed by atoms with Crippen molar-refractivity contribution in [2.45, 2.75) is 6.92 Å². The minimum absolute atomic E-state index is 0.0560. The number of hydrogen-bond donors (Lipinski definition) is 5. The first-order chi connectivity index (χ1) is 69.1. The SMILES string of the molecule is Cc1cnsc1C(=O)Nc1ccc(-c2cc(-c3ccccc3F)nn2C)cn1.Cn1nc(-c2ccccc2F)cc1-c1ccc(NC(=O)c2c(F)cccc2F)nc1.Cn1nc(-c2ccccc2F)cc1-c1ccc(NC(=O)c2ccccc2Cl)nc1.Cn1nc(-c2ccccc2F)cc1-c1ccc(NC(=O)c2ccccc2F)nc1.Cn1nc(-c2ccco2)cc1-c1ccc(NC(=O)c2ccccc2Cl)nc1. The van der Waals surface area contributed by atoms with Crippen LogP contribution < -0.4 is 26.6 Å². The van der Waals surface area contributed by atoms with E-state index in [9.17, 15) is 54.7 Å². The van der Waals surface area contributed by atoms with E-state index in [-0.39, 0.29) is 52.4 Å². The van der Waals surface area contributed by atoms with Crippen molar-refractivity contribution in [3.8, 4) is 113 Å². The molecule has 0 saturated carbocycles. The second kappa shape index (κ2) is 44.6. The van der Waals surface area contributed by atoms with E-state index in [1.807, 2.05) is 56.4 Å². The van der Waals surface area contributed by atoms with Crippen molar-refractivity contribution >= 4 is 93.4 Å². The van der Waals surface area contributed by atoms with Gasteiger partial charge in [0.05, 0.1) is 84.2 Å². The molecule has 0 unspecified atom stereocenters. The molecule has 0 fully saturated rings. The van der Waals surface area contributed by atoms with Crippen molar-refractivity contribution in [3.05, 3.63) is 418 Å². The van der Waals surface area contributed by atoms with Crippen LogP contribution in [0.3, 0.4) is 0 Å². The first-order valence-electron chi connectivity index (χ1n) is 43.4. The zero-order chi connectivity index (χ0) is 100. The van der Waals surface area contributed by atoms with E-state index < -0.39 is 34.8 Å². The molecule has 20 rings (SSSR count). The molecule has 5 N–H and O–H groups in total. The molecule has 143 heavy (non-hydrogen) atoms. The van der Waals surface area contributed by atoms with Crippen LogP contribution in [0, 0.1) is 47.6 Å². The highest BCUT2D eigenvalue weighted by molar-refractivity contribution is 7.08. The fourth-order valence-corrected chi connectivity index (χ4v) is 15.7. The average Bonchev–Trinajstić information content (AvgIpc) is 1.68. The Kier molecular flexibility index (Phi) is 30.5. The van der Waals surface area contributed by atoms with Crippen molar-refractivity contribution in [1.82, 2.24) is 78.2 Å². The van der Waals surface area contributed by atoms with Crippen LogP contribution in [0.1, 0.15) is 56.7 Å². The molecule has 0 aliphatic rings. The third-order valence-electron chi connectivity index (χ3n) is 21.8. The molecule has 27 nitrogen and oxygen atoms in total. The Labute approximate surface area is 825 Å². The highest BCUT2D eigenvalue weighted by Crippen LogP contribution is 2.35. The molecule has 0 atom stereocenters. The first-order valence-corrected chi connectivity index (χ1v) is 44.9. The molecule has 0 bridgehead atoms. The molecule has 0 aliphatic heterocycles. The number of amides is 5. The molecule has 0 saturated heterocycles. The molecule has 20 aromatic rings. The van der Waals surface area contributed by atoms with E-state index in [1.165, 1.54) is 60.8 Å². The van der Waals surface area contributed by atoms with Crippen LogP contribution >= 0.6 is 34.7 Å². The summed E-state index contributed by atoms with van der Waals surface area (Å²) in [6.07, 6.45) is 11.3. The Hall–Kier alpha value is -18.1. The molecular formula is C106H78Cl2F7N21O6S. The van der Waals surface area contributed by atoms with Gasteiger partial charge in [-0.05, 0) is 224 Å². The third-order valence-corrected chi connectivity index (χ3v) is 23.3. The van der Waals surface area contributed by atoms with Gasteiger partial charge in [0.1, 0.15) is 85.9 Å². The van der Waals surface area contributed by atoms with Crippen LogP contribution in [0.2, 0.25) is 10.0 Å². The van der Waals surface area contributed by atoms with Crippen LogP contribution in [0.15, 0.2) is 339 Å². The molecule has 0 aliphatic carbocycles. The number of halogens is 9. The van der Waals surface area contributed by atoms with Crippen molar-refractivity contribution in [1.29, 1.82) is 0 Å². The summed E-state index contributed by atoms with van der Waals surface area (Å²) in [6.45, 7) is 1.84. The number of hydrogen-bond acceptors (Lipinski definition) is 18. The summed E-state index contributed by atoms with van der Waals surface area (Å²) >= 11 is 13.3. The molecule has 0 radical (unpaired) electrons. The summed E-state index contributed by atoms with van der Waals surface area (Å²) in [5.74, 6) is -3.87. The summed E-state index contributed by atoms with van der Waals surface area (Å²) in [7, 11) is 8.91. The zero-order valence-corrected chi connectivity index (χ0v) is 78.5. The van der Waals surface area contributed by atoms with Crippen molar-refractivity contribution in [2.75, 3.05) is 26.6 Å². The number of aryl methyl sites for hydroxylation is 6. The molecule has 37 heteroatoms. The van der Waals surface area contributed by atoms with Gasteiger partial charge in [-0.25, -0.2) is 60.0 Å². The molecule has 5 amide bonds. The van der Waals surface area contributed by atoms with E-state index in [1.54, 1.807) is 271 Å². The zero-order valence-electron chi connectivity index (χ0n) is 76.2. The second-order valence-electron chi connectivity index (χ2n) is 31.4. The van der Waals surface area contributed by atoms with E-state index in [0.29, 0.717) is 111 Å². The van der Waals surface area contributed by atoms with Crippen molar-refractivity contribution < 1.29 is 59.1 Å². The summed E-state index contributed by atoms with van der Waals surface area (Å²) < 4.78 is 115. The van der Waals surface area contributed by atoms with Gasteiger partial charge in [-0.1, -0.05) is 114 Å². The van der Waals surface area contributed by atoms with Gasteiger partial charge in [0.2, 0.25) is 0 Å². The van der Waals surface area contributed by atoms with Crippen LogP contribution in [0.25, 0.3) is 113 Å². The topological polar surface area (TPSA) is 325 Å². The predicted molar refractivity (Wildman–Crippen MR) is 534 cm³/mol. The average molecular weight is 1980 g/mol. The van der Waals surface area contributed by atoms with Gasteiger partial charge < -0.3 is 31.0 Å². The monoisotopic (exact) mass is 1980 g/mol. The van der Waals surface area contributed by atoms with Gasteiger partial charge in [-0.15, -0.1) is 0 Å². The maximum atomic E-state index is 14.1. The minimum Gasteiger partial charge on any atom is -0.463 e. The van der Waals surface area contributed by atoms with E-state index in [2.05, 4.69) is 81.4 Å². The smallest absolute Gasteiger partial charge is 0.268 e. The van der Waals surface area contributed by atoms with Crippen LogP contribution in [-0.2, 0) is 35.2 Å². The highest BCUT2D eigenvalue weighted by Gasteiger charge is 2.24. The number of rotatable bonds is 20. The van der Waals surface area contributed by atoms with Gasteiger partial charge in [0.25, 0.3) is 29.5 Å². The van der Waals surface area contributed by atoms with Gasteiger partial charge in [0, 0.05) is 122 Å². The fraction of sp³-hybridized carbons (Fsp3) is 0.0566. The number of nitrogens with one attached hydrogen (secondary N) is 5. The van der Waals surface area contributed by atoms with Gasteiger partial charge in [0.15, 0.2) is 5.76 Å². The van der Waals surface area contributed by atoms with Crippen LogP contribution in [-0.4, -0.2) is 108 Å². The minimum atomic E-state index is -0.959. The number of anilines is 5. The summed E-state index contributed by atoms with van der Waals surface area (Å²) in [6, 6.07) is 78.3.